The lowest BCUT2D eigenvalue weighted by atomic mass is 9.90. The zero-order valence-corrected chi connectivity index (χ0v) is 21.1. The van der Waals surface area contributed by atoms with Gasteiger partial charge in [0.25, 0.3) is 5.91 Å². The van der Waals surface area contributed by atoms with E-state index in [9.17, 15) is 9.59 Å². The lowest BCUT2D eigenvalue weighted by Crippen LogP contribution is -2.46. The Bertz CT molecular complexity index is 1340. The van der Waals surface area contributed by atoms with Crippen LogP contribution < -0.4 is 10.3 Å². The van der Waals surface area contributed by atoms with E-state index in [4.69, 9.17) is 4.74 Å². The van der Waals surface area contributed by atoms with Gasteiger partial charge in [-0.1, -0.05) is 60.7 Å². The van der Waals surface area contributed by atoms with E-state index >= 15 is 0 Å². The summed E-state index contributed by atoms with van der Waals surface area (Å²) in [5, 5.41) is 0. The Balaban J connectivity index is 1.56. The van der Waals surface area contributed by atoms with Crippen LogP contribution in [0, 0.1) is 0 Å². The van der Waals surface area contributed by atoms with Crippen LogP contribution in [0.1, 0.15) is 72.5 Å². The van der Waals surface area contributed by atoms with Crippen LogP contribution in [0.5, 0.6) is 5.75 Å². The van der Waals surface area contributed by atoms with Crippen LogP contribution in [-0.4, -0.2) is 32.9 Å². The molecule has 0 bridgehead atoms. The Morgan fingerprint density at radius 1 is 0.972 bits per heavy atom. The van der Waals surface area contributed by atoms with Gasteiger partial charge >= 0.3 is 5.56 Å². The fourth-order valence-corrected chi connectivity index (χ4v) is 5.21. The number of amides is 1. The third-order valence-corrected chi connectivity index (χ3v) is 7.10. The molecule has 6 heteroatoms. The second-order valence-electron chi connectivity index (χ2n) is 9.84. The standard InChI is InChI=1S/C30H33N3O3/c1-21(2)32-17-18-33-26(19-24-15-9-10-16-25(24)23-13-7-4-8-14-23)31-29(34)28(27(33)30(32)35)36-20-22-11-5-3-6-12-22/h3,5-6,9-13,15-16,21H,4,7-8,14,17-20H2,1-2H3. The number of allylic oxidation sites excluding steroid dienone is 2. The Labute approximate surface area is 212 Å². The molecule has 1 aliphatic carbocycles. The molecule has 0 saturated heterocycles. The van der Waals surface area contributed by atoms with Crippen molar-refractivity contribution in [1.29, 1.82) is 0 Å². The Morgan fingerprint density at radius 2 is 1.75 bits per heavy atom. The van der Waals surface area contributed by atoms with Crippen molar-refractivity contribution in [3.8, 4) is 5.75 Å². The van der Waals surface area contributed by atoms with Crippen LogP contribution in [0.15, 0.2) is 65.5 Å². The molecule has 5 rings (SSSR count). The van der Waals surface area contributed by atoms with Gasteiger partial charge in [-0.2, -0.15) is 4.98 Å². The van der Waals surface area contributed by atoms with Gasteiger partial charge in [-0.3, -0.25) is 9.59 Å². The summed E-state index contributed by atoms with van der Waals surface area (Å²) in [7, 11) is 0. The molecule has 0 spiro atoms. The van der Waals surface area contributed by atoms with Crippen LogP contribution in [-0.2, 0) is 19.6 Å². The molecule has 1 amide bonds. The Morgan fingerprint density at radius 3 is 2.50 bits per heavy atom. The minimum absolute atomic E-state index is 0.0268. The molecule has 0 saturated carbocycles. The molecule has 36 heavy (non-hydrogen) atoms. The molecular formula is C30H33N3O3. The van der Waals surface area contributed by atoms with Crippen LogP contribution in [0.4, 0.5) is 0 Å². The van der Waals surface area contributed by atoms with Crippen LogP contribution in [0.2, 0.25) is 0 Å². The molecule has 1 aromatic heterocycles. The second-order valence-corrected chi connectivity index (χ2v) is 9.84. The largest absolute Gasteiger partial charge is 0.481 e. The summed E-state index contributed by atoms with van der Waals surface area (Å²) in [6, 6.07) is 18.0. The molecule has 6 nitrogen and oxygen atoms in total. The fraction of sp³-hybridized carbons (Fsp3) is 0.367. The second kappa shape index (κ2) is 10.5. The smallest absolute Gasteiger partial charge is 0.316 e. The zero-order chi connectivity index (χ0) is 25.1. The number of aromatic nitrogens is 2. The highest BCUT2D eigenvalue weighted by Crippen LogP contribution is 2.31. The number of carbonyl (C=O) groups excluding carboxylic acids is 1. The van der Waals surface area contributed by atoms with Gasteiger partial charge in [-0.25, -0.2) is 0 Å². The highest BCUT2D eigenvalue weighted by Gasteiger charge is 2.33. The number of carbonyl (C=O) groups is 1. The summed E-state index contributed by atoms with van der Waals surface area (Å²) < 4.78 is 7.90. The van der Waals surface area contributed by atoms with Gasteiger partial charge in [0.05, 0.1) is 0 Å². The van der Waals surface area contributed by atoms with Crippen molar-refractivity contribution in [3.63, 3.8) is 0 Å². The number of fused-ring (bicyclic) bond motifs is 1. The fourth-order valence-electron chi connectivity index (χ4n) is 5.21. The van der Waals surface area contributed by atoms with E-state index in [0.717, 1.165) is 24.0 Å². The van der Waals surface area contributed by atoms with Crippen molar-refractivity contribution in [2.75, 3.05) is 6.54 Å². The summed E-state index contributed by atoms with van der Waals surface area (Å²) >= 11 is 0. The number of hydrogen-bond donors (Lipinski definition) is 0. The molecule has 186 valence electrons. The number of hydrogen-bond acceptors (Lipinski definition) is 4. The van der Waals surface area contributed by atoms with E-state index in [0.29, 0.717) is 31.0 Å². The Kier molecular flexibility index (Phi) is 7.03. The van der Waals surface area contributed by atoms with Crippen molar-refractivity contribution in [1.82, 2.24) is 14.5 Å². The number of nitrogens with zero attached hydrogens (tertiary/aromatic N) is 3. The maximum Gasteiger partial charge on any atom is 0.316 e. The topological polar surface area (TPSA) is 64.4 Å². The molecular weight excluding hydrogens is 450 g/mol. The quantitative estimate of drug-likeness (QED) is 0.461. The molecule has 2 heterocycles. The molecule has 3 aromatic rings. The SMILES string of the molecule is CC(C)N1CCn2c(Cc3ccccc3C3=CCCCC3)nc(=O)c(OCc3ccccc3)c2C1=O. The third kappa shape index (κ3) is 4.85. The van der Waals surface area contributed by atoms with Gasteiger partial charge in [0.2, 0.25) is 5.75 Å². The first-order chi connectivity index (χ1) is 17.5. The molecule has 0 N–H and O–H groups in total. The van der Waals surface area contributed by atoms with E-state index < -0.39 is 5.56 Å². The number of ether oxygens (including phenoxy) is 1. The summed E-state index contributed by atoms with van der Waals surface area (Å²) in [6.45, 7) is 5.34. The molecule has 0 unspecified atom stereocenters. The first kappa shape index (κ1) is 24.0. The van der Waals surface area contributed by atoms with E-state index in [1.165, 1.54) is 24.0 Å². The maximum atomic E-state index is 13.6. The average Bonchev–Trinajstić information content (AvgIpc) is 2.90. The van der Waals surface area contributed by atoms with Crippen LogP contribution in [0.25, 0.3) is 5.57 Å². The Hall–Kier alpha value is -3.67. The number of benzene rings is 2. The predicted molar refractivity (Wildman–Crippen MR) is 141 cm³/mol. The molecule has 0 atom stereocenters. The summed E-state index contributed by atoms with van der Waals surface area (Å²) in [4.78, 5) is 33.2. The van der Waals surface area contributed by atoms with Crippen molar-refractivity contribution >= 4 is 11.5 Å². The van der Waals surface area contributed by atoms with E-state index in [-0.39, 0.29) is 24.3 Å². The van der Waals surface area contributed by atoms with Crippen LogP contribution >= 0.6 is 0 Å². The van der Waals surface area contributed by atoms with E-state index in [1.807, 2.05) is 54.8 Å². The summed E-state index contributed by atoms with van der Waals surface area (Å²) in [5.41, 5.74) is 4.47. The van der Waals surface area contributed by atoms with Gasteiger partial charge in [0, 0.05) is 25.6 Å². The van der Waals surface area contributed by atoms with Gasteiger partial charge in [0.1, 0.15) is 12.4 Å². The highest BCUT2D eigenvalue weighted by atomic mass is 16.5. The monoisotopic (exact) mass is 483 g/mol. The normalized spacial score (nSPS) is 15.6. The van der Waals surface area contributed by atoms with Crippen molar-refractivity contribution in [3.05, 3.63) is 99.2 Å². The van der Waals surface area contributed by atoms with E-state index in [2.05, 4.69) is 29.3 Å². The van der Waals surface area contributed by atoms with Crippen molar-refractivity contribution in [2.45, 2.75) is 65.1 Å². The first-order valence-corrected chi connectivity index (χ1v) is 12.9. The average molecular weight is 484 g/mol. The molecule has 2 aliphatic rings. The molecule has 2 aromatic carbocycles. The highest BCUT2D eigenvalue weighted by molar-refractivity contribution is 5.96. The predicted octanol–water partition coefficient (Wildman–Crippen LogP) is 5.23. The maximum absolute atomic E-state index is 13.6. The lowest BCUT2D eigenvalue weighted by Gasteiger charge is -2.34. The first-order valence-electron chi connectivity index (χ1n) is 12.9. The van der Waals surface area contributed by atoms with Crippen molar-refractivity contribution in [2.24, 2.45) is 0 Å². The van der Waals surface area contributed by atoms with Gasteiger partial charge < -0.3 is 14.2 Å². The minimum atomic E-state index is -0.486. The van der Waals surface area contributed by atoms with E-state index in [1.54, 1.807) is 4.90 Å². The lowest BCUT2D eigenvalue weighted by molar-refractivity contribution is 0.0634. The minimum Gasteiger partial charge on any atom is -0.481 e. The molecule has 1 aliphatic heterocycles. The van der Waals surface area contributed by atoms with Gasteiger partial charge in [-0.15, -0.1) is 0 Å². The van der Waals surface area contributed by atoms with Crippen LogP contribution in [0.3, 0.4) is 0 Å². The van der Waals surface area contributed by atoms with Crippen molar-refractivity contribution < 1.29 is 9.53 Å². The molecule has 0 fully saturated rings. The summed E-state index contributed by atoms with van der Waals surface area (Å²) in [5.74, 6) is 0.479. The number of rotatable bonds is 7. The molecule has 0 radical (unpaired) electrons. The van der Waals surface area contributed by atoms with Gasteiger partial charge in [0.15, 0.2) is 5.69 Å². The summed E-state index contributed by atoms with van der Waals surface area (Å²) in [6.07, 6.45) is 7.42. The van der Waals surface area contributed by atoms with Gasteiger partial charge in [-0.05, 0) is 61.8 Å². The zero-order valence-electron chi connectivity index (χ0n) is 21.1. The third-order valence-electron chi connectivity index (χ3n) is 7.10.